The molecule has 7 nitrogen and oxygen atoms in total. The lowest BCUT2D eigenvalue weighted by Gasteiger charge is -2.10. The first-order valence-corrected chi connectivity index (χ1v) is 7.81. The topological polar surface area (TPSA) is 154 Å². The summed E-state index contributed by atoms with van der Waals surface area (Å²) in [5.41, 5.74) is -0.466. The van der Waals surface area contributed by atoms with E-state index in [2.05, 4.69) is 0 Å². The third kappa shape index (κ3) is 3.93. The quantitative estimate of drug-likeness (QED) is 0.780. The number of primary sulfonamides is 1. The molecule has 0 aliphatic heterocycles. The fourth-order valence-corrected chi connectivity index (χ4v) is 2.95. The van der Waals surface area contributed by atoms with Crippen LogP contribution in [0.25, 0.3) is 0 Å². The summed E-state index contributed by atoms with van der Waals surface area (Å²) >= 11 is 5.74. The second-order valence-electron chi connectivity index (χ2n) is 4.35. The van der Waals surface area contributed by atoms with Crippen LogP contribution < -0.4 is 16.4 Å². The van der Waals surface area contributed by atoms with Crippen molar-refractivity contribution in [2.45, 2.75) is 4.90 Å². The van der Waals surface area contributed by atoms with Crippen LogP contribution in [0.3, 0.4) is 0 Å². The van der Waals surface area contributed by atoms with Gasteiger partial charge in [0.15, 0.2) is 5.78 Å². The van der Waals surface area contributed by atoms with E-state index in [0.717, 1.165) is 6.07 Å². The Bertz CT molecular complexity index is 880. The average molecular weight is 357 g/mol. The minimum Gasteiger partial charge on any atom is -0.545 e. The van der Waals surface area contributed by atoms with E-state index >= 15 is 0 Å². The van der Waals surface area contributed by atoms with E-state index < -0.39 is 26.7 Å². The summed E-state index contributed by atoms with van der Waals surface area (Å²) < 4.78 is 22.8. The van der Waals surface area contributed by atoms with Gasteiger partial charge in [0.25, 0.3) is 0 Å². The average Bonchev–Trinajstić information content (AvgIpc) is 2.45. The zero-order chi connectivity index (χ0) is 16.5. The first kappa shape index (κ1) is 18.8. The lowest BCUT2D eigenvalue weighted by atomic mass is 9.98. The summed E-state index contributed by atoms with van der Waals surface area (Å²) in [4.78, 5) is 23.0. The molecule has 0 spiro atoms. The zero-order valence-electron chi connectivity index (χ0n) is 11.9. The Morgan fingerprint density at radius 1 is 1.04 bits per heavy atom. The summed E-state index contributed by atoms with van der Waals surface area (Å²) in [6.07, 6.45) is 0. The van der Waals surface area contributed by atoms with Crippen LogP contribution in [0.4, 0.5) is 0 Å². The van der Waals surface area contributed by atoms with Gasteiger partial charge in [-0.2, -0.15) is 0 Å². The largest absolute Gasteiger partial charge is 0.545 e. The zero-order valence-corrected chi connectivity index (χ0v) is 13.5. The van der Waals surface area contributed by atoms with Gasteiger partial charge in [-0.1, -0.05) is 35.9 Å². The highest BCUT2D eigenvalue weighted by atomic mass is 35.5. The Hall–Kier alpha value is -2.26. The fraction of sp³-hybridized carbons (Fsp3) is 0. The number of carbonyl (C=O) groups excluding carboxylic acids is 2. The number of halogens is 1. The lowest BCUT2D eigenvalue weighted by molar-refractivity contribution is -0.255. The second-order valence-corrected chi connectivity index (χ2v) is 6.29. The second kappa shape index (κ2) is 6.88. The molecule has 0 aliphatic carbocycles. The van der Waals surface area contributed by atoms with Gasteiger partial charge in [0.05, 0.1) is 11.0 Å². The van der Waals surface area contributed by atoms with Crippen molar-refractivity contribution in [2.75, 3.05) is 0 Å². The number of hydrogen-bond acceptors (Lipinski definition) is 5. The first-order chi connectivity index (χ1) is 10.2. The Morgan fingerprint density at radius 2 is 1.61 bits per heavy atom. The van der Waals surface area contributed by atoms with Crippen molar-refractivity contribution in [3.63, 3.8) is 0 Å². The van der Waals surface area contributed by atoms with Crippen LogP contribution in [0.5, 0.6) is 0 Å². The van der Waals surface area contributed by atoms with Crippen molar-refractivity contribution in [1.29, 1.82) is 0 Å². The number of aromatic carboxylic acids is 1. The Labute approximate surface area is 137 Å². The van der Waals surface area contributed by atoms with Crippen LogP contribution in [-0.2, 0) is 10.0 Å². The first-order valence-electron chi connectivity index (χ1n) is 5.89. The fourth-order valence-electron chi connectivity index (χ4n) is 1.88. The minimum atomic E-state index is -4.11. The number of benzene rings is 2. The van der Waals surface area contributed by atoms with Gasteiger partial charge >= 0.3 is 0 Å². The highest BCUT2D eigenvalue weighted by Gasteiger charge is 2.19. The number of quaternary nitrogens is 1. The number of carboxylic acid groups (broad SMARTS) is 1. The van der Waals surface area contributed by atoms with Gasteiger partial charge in [-0.3, -0.25) is 4.79 Å². The SMILES string of the molecule is NS(=O)(=O)c1cc(C(=O)c2ccccc2C(=O)[O-])ccc1Cl.[NH4+]. The lowest BCUT2D eigenvalue weighted by Crippen LogP contribution is -2.25. The van der Waals surface area contributed by atoms with Gasteiger partial charge in [0.1, 0.15) is 4.90 Å². The predicted molar refractivity (Wildman–Crippen MR) is 83.0 cm³/mol. The van der Waals surface area contributed by atoms with Crippen LogP contribution in [0.15, 0.2) is 47.4 Å². The summed E-state index contributed by atoms with van der Waals surface area (Å²) in [5, 5.41) is 15.9. The molecule has 0 aliphatic rings. The minimum absolute atomic E-state index is 0. The molecule has 2 aromatic carbocycles. The van der Waals surface area contributed by atoms with E-state index in [1.165, 1.54) is 36.4 Å². The van der Waals surface area contributed by atoms with Gasteiger partial charge in [-0.05, 0) is 18.2 Å². The standard InChI is InChI=1S/C14H10ClNO5S.H3N/c15-11-6-5-8(7-12(11)22(16,20)21)13(17)9-3-1-2-4-10(9)14(18)19;/h1-7H,(H,18,19)(H2,16,20,21);1H3. The highest BCUT2D eigenvalue weighted by Crippen LogP contribution is 2.23. The third-order valence-corrected chi connectivity index (χ3v) is 4.28. The Morgan fingerprint density at radius 3 is 2.13 bits per heavy atom. The molecule has 2 rings (SSSR count). The molecule has 0 bridgehead atoms. The maximum atomic E-state index is 12.4. The summed E-state index contributed by atoms with van der Waals surface area (Å²) in [6, 6.07) is 8.95. The number of rotatable bonds is 4. The third-order valence-electron chi connectivity index (χ3n) is 2.89. The molecular weight excluding hydrogens is 344 g/mol. The molecule has 0 atom stereocenters. The summed E-state index contributed by atoms with van der Waals surface area (Å²) in [7, 11) is -4.11. The van der Waals surface area contributed by atoms with Crippen LogP contribution in [0.2, 0.25) is 5.02 Å². The normalized spacial score (nSPS) is 10.7. The van der Waals surface area contributed by atoms with Gasteiger partial charge in [-0.15, -0.1) is 0 Å². The van der Waals surface area contributed by atoms with Crippen molar-refractivity contribution < 1.29 is 23.1 Å². The van der Waals surface area contributed by atoms with Crippen molar-refractivity contribution >= 4 is 33.4 Å². The molecule has 0 saturated heterocycles. The van der Waals surface area contributed by atoms with Gasteiger partial charge in [0, 0.05) is 16.7 Å². The Kier molecular flexibility index (Phi) is 5.62. The van der Waals surface area contributed by atoms with E-state index in [1.807, 2.05) is 0 Å². The molecule has 0 amide bonds. The van der Waals surface area contributed by atoms with Crippen LogP contribution >= 0.6 is 11.6 Å². The molecule has 122 valence electrons. The number of hydrogen-bond donors (Lipinski definition) is 2. The molecule has 0 radical (unpaired) electrons. The monoisotopic (exact) mass is 356 g/mol. The molecule has 0 heterocycles. The van der Waals surface area contributed by atoms with Crippen molar-refractivity contribution in [3.8, 4) is 0 Å². The van der Waals surface area contributed by atoms with Crippen molar-refractivity contribution in [3.05, 3.63) is 64.2 Å². The Balaban J connectivity index is 0.00000264. The molecule has 0 fully saturated rings. The van der Waals surface area contributed by atoms with Gasteiger partial charge in [-0.25, -0.2) is 13.6 Å². The number of ketones is 1. The molecule has 0 aromatic heterocycles. The van der Waals surface area contributed by atoms with E-state index in [1.54, 1.807) is 0 Å². The highest BCUT2D eigenvalue weighted by molar-refractivity contribution is 7.89. The smallest absolute Gasteiger partial charge is 0.239 e. The van der Waals surface area contributed by atoms with Crippen LogP contribution in [-0.4, -0.2) is 20.2 Å². The van der Waals surface area contributed by atoms with Gasteiger partial charge in [0.2, 0.25) is 10.0 Å². The summed E-state index contributed by atoms with van der Waals surface area (Å²) in [5.74, 6) is -2.19. The maximum Gasteiger partial charge on any atom is 0.239 e. The molecule has 0 saturated carbocycles. The number of sulfonamides is 1. The summed E-state index contributed by atoms with van der Waals surface area (Å²) in [6.45, 7) is 0. The van der Waals surface area contributed by atoms with Crippen LogP contribution in [0.1, 0.15) is 26.3 Å². The van der Waals surface area contributed by atoms with Gasteiger partial charge < -0.3 is 16.1 Å². The molecule has 9 heteroatoms. The number of nitrogens with two attached hydrogens (primary N) is 1. The maximum absolute atomic E-state index is 12.4. The molecule has 6 N–H and O–H groups in total. The number of carboxylic acids is 1. The van der Waals surface area contributed by atoms with Crippen molar-refractivity contribution in [2.24, 2.45) is 5.14 Å². The van der Waals surface area contributed by atoms with E-state index in [4.69, 9.17) is 16.7 Å². The molecule has 0 unspecified atom stereocenters. The van der Waals surface area contributed by atoms with Crippen molar-refractivity contribution in [1.82, 2.24) is 6.15 Å². The predicted octanol–water partition coefficient (Wildman–Crippen LogP) is 0.958. The molecular formula is C14H13ClN2O5S. The molecule has 23 heavy (non-hydrogen) atoms. The molecule has 2 aromatic rings. The van der Waals surface area contributed by atoms with E-state index in [0.29, 0.717) is 0 Å². The van der Waals surface area contributed by atoms with E-state index in [9.17, 15) is 23.1 Å². The van der Waals surface area contributed by atoms with Crippen LogP contribution in [0, 0.1) is 0 Å². The van der Waals surface area contributed by atoms with E-state index in [-0.39, 0.29) is 27.9 Å². The number of carbonyl (C=O) groups is 2.